The SMILES string of the molecule is CCC(CC)CNC(=O)c1cc2ccccc2c(NC)n1. The molecule has 0 saturated carbocycles. The molecule has 2 N–H and O–H groups in total. The van der Waals surface area contributed by atoms with Crippen LogP contribution in [0.15, 0.2) is 30.3 Å². The summed E-state index contributed by atoms with van der Waals surface area (Å²) >= 11 is 0. The Balaban J connectivity index is 2.23. The van der Waals surface area contributed by atoms with Crippen LogP contribution in [-0.4, -0.2) is 24.5 Å². The molecule has 2 rings (SSSR count). The van der Waals surface area contributed by atoms with E-state index in [4.69, 9.17) is 0 Å². The first-order valence-electron chi connectivity index (χ1n) is 7.55. The molecule has 0 bridgehead atoms. The van der Waals surface area contributed by atoms with E-state index in [1.807, 2.05) is 37.4 Å². The van der Waals surface area contributed by atoms with Crippen molar-refractivity contribution in [3.05, 3.63) is 36.0 Å². The van der Waals surface area contributed by atoms with Gasteiger partial charge in [-0.25, -0.2) is 4.98 Å². The lowest BCUT2D eigenvalue weighted by Gasteiger charge is -2.14. The fourth-order valence-electron chi connectivity index (χ4n) is 2.41. The van der Waals surface area contributed by atoms with Gasteiger partial charge in [0, 0.05) is 19.0 Å². The Morgan fingerprint density at radius 3 is 2.62 bits per heavy atom. The Hall–Kier alpha value is -2.10. The summed E-state index contributed by atoms with van der Waals surface area (Å²) < 4.78 is 0. The lowest BCUT2D eigenvalue weighted by molar-refractivity contribution is 0.0941. The zero-order valence-corrected chi connectivity index (χ0v) is 12.9. The summed E-state index contributed by atoms with van der Waals surface area (Å²) in [5.41, 5.74) is 0.462. The first-order valence-corrected chi connectivity index (χ1v) is 7.55. The smallest absolute Gasteiger partial charge is 0.270 e. The van der Waals surface area contributed by atoms with Crippen LogP contribution in [0.4, 0.5) is 5.82 Å². The molecule has 112 valence electrons. The van der Waals surface area contributed by atoms with Gasteiger partial charge in [0.2, 0.25) is 0 Å². The van der Waals surface area contributed by atoms with Gasteiger partial charge in [0.25, 0.3) is 5.91 Å². The van der Waals surface area contributed by atoms with E-state index in [1.165, 1.54) is 0 Å². The Kier molecular flexibility index (Phi) is 5.14. The Labute approximate surface area is 126 Å². The average Bonchev–Trinajstić information content (AvgIpc) is 2.54. The number of benzene rings is 1. The Morgan fingerprint density at radius 2 is 1.95 bits per heavy atom. The summed E-state index contributed by atoms with van der Waals surface area (Å²) in [5, 5.41) is 8.09. The fraction of sp³-hybridized carbons (Fsp3) is 0.412. The quantitative estimate of drug-likeness (QED) is 0.854. The van der Waals surface area contributed by atoms with Crippen molar-refractivity contribution in [1.82, 2.24) is 10.3 Å². The predicted octanol–water partition coefficient (Wildman–Crippen LogP) is 3.44. The van der Waals surface area contributed by atoms with Gasteiger partial charge in [-0.1, -0.05) is 51.0 Å². The van der Waals surface area contributed by atoms with Crippen molar-refractivity contribution < 1.29 is 4.79 Å². The molecule has 0 saturated heterocycles. The van der Waals surface area contributed by atoms with Crippen LogP contribution < -0.4 is 10.6 Å². The van der Waals surface area contributed by atoms with Crippen LogP contribution in [0.5, 0.6) is 0 Å². The maximum Gasteiger partial charge on any atom is 0.270 e. The number of carbonyl (C=O) groups is 1. The molecule has 1 aromatic carbocycles. The highest BCUT2D eigenvalue weighted by Gasteiger charge is 2.12. The van der Waals surface area contributed by atoms with E-state index in [-0.39, 0.29) is 5.91 Å². The molecule has 1 heterocycles. The number of carbonyl (C=O) groups excluding carboxylic acids is 1. The molecule has 4 heteroatoms. The van der Waals surface area contributed by atoms with Crippen molar-refractivity contribution in [1.29, 1.82) is 0 Å². The summed E-state index contributed by atoms with van der Waals surface area (Å²) in [7, 11) is 1.82. The third kappa shape index (κ3) is 3.51. The number of amides is 1. The van der Waals surface area contributed by atoms with E-state index < -0.39 is 0 Å². The van der Waals surface area contributed by atoms with Crippen molar-refractivity contribution in [3.63, 3.8) is 0 Å². The second-order valence-electron chi connectivity index (χ2n) is 5.22. The first kappa shape index (κ1) is 15.3. The van der Waals surface area contributed by atoms with Crippen molar-refractivity contribution in [2.75, 3.05) is 18.9 Å². The summed E-state index contributed by atoms with van der Waals surface area (Å²) in [6, 6.07) is 9.78. The molecule has 2 aromatic rings. The molecule has 1 amide bonds. The van der Waals surface area contributed by atoms with Crippen molar-refractivity contribution in [2.24, 2.45) is 5.92 Å². The number of nitrogens with zero attached hydrogens (tertiary/aromatic N) is 1. The van der Waals surface area contributed by atoms with Gasteiger partial charge in [-0.3, -0.25) is 4.79 Å². The number of rotatable bonds is 6. The maximum absolute atomic E-state index is 12.3. The van der Waals surface area contributed by atoms with Gasteiger partial charge < -0.3 is 10.6 Å². The minimum Gasteiger partial charge on any atom is -0.373 e. The summed E-state index contributed by atoms with van der Waals surface area (Å²) in [4.78, 5) is 16.7. The zero-order chi connectivity index (χ0) is 15.2. The molecular formula is C17H23N3O. The van der Waals surface area contributed by atoms with Crippen LogP contribution in [0.2, 0.25) is 0 Å². The standard InChI is InChI=1S/C17H23N3O/c1-4-12(5-2)11-19-17(21)15-10-13-8-6-7-9-14(13)16(18-3)20-15/h6-10,12H,4-5,11H2,1-3H3,(H,18,20)(H,19,21). The van der Waals surface area contributed by atoms with Gasteiger partial charge in [0.1, 0.15) is 11.5 Å². The summed E-state index contributed by atoms with van der Waals surface area (Å²) in [6.45, 7) is 5.00. The molecule has 0 fully saturated rings. The highest BCUT2D eigenvalue weighted by atomic mass is 16.1. The molecule has 21 heavy (non-hydrogen) atoms. The molecule has 0 spiro atoms. The van der Waals surface area contributed by atoms with Gasteiger partial charge >= 0.3 is 0 Å². The molecule has 0 aliphatic heterocycles. The maximum atomic E-state index is 12.3. The molecular weight excluding hydrogens is 262 g/mol. The minimum absolute atomic E-state index is 0.107. The van der Waals surface area contributed by atoms with E-state index in [9.17, 15) is 4.79 Å². The van der Waals surface area contributed by atoms with Crippen molar-refractivity contribution in [2.45, 2.75) is 26.7 Å². The van der Waals surface area contributed by atoms with E-state index in [2.05, 4.69) is 29.5 Å². The first-order chi connectivity index (χ1) is 10.2. The van der Waals surface area contributed by atoms with Crippen LogP contribution in [0, 0.1) is 5.92 Å². The van der Waals surface area contributed by atoms with Gasteiger partial charge in [-0.15, -0.1) is 0 Å². The second kappa shape index (κ2) is 7.07. The number of pyridine rings is 1. The van der Waals surface area contributed by atoms with Gasteiger partial charge in [-0.2, -0.15) is 0 Å². The Bertz CT molecular complexity index is 620. The third-order valence-corrected chi connectivity index (χ3v) is 3.92. The normalized spacial score (nSPS) is 10.9. The highest BCUT2D eigenvalue weighted by molar-refractivity contribution is 6.00. The summed E-state index contributed by atoms with van der Waals surface area (Å²) in [6.07, 6.45) is 2.15. The second-order valence-corrected chi connectivity index (χ2v) is 5.22. The lowest BCUT2D eigenvalue weighted by Crippen LogP contribution is -2.29. The summed E-state index contributed by atoms with van der Waals surface area (Å²) in [5.74, 6) is 1.16. The fourth-order valence-corrected chi connectivity index (χ4v) is 2.41. The number of aromatic nitrogens is 1. The number of hydrogen-bond acceptors (Lipinski definition) is 3. The van der Waals surface area contributed by atoms with E-state index >= 15 is 0 Å². The van der Waals surface area contributed by atoms with E-state index in [0.717, 1.165) is 29.4 Å². The molecule has 0 unspecified atom stereocenters. The van der Waals surface area contributed by atoms with Crippen LogP contribution >= 0.6 is 0 Å². The van der Waals surface area contributed by atoms with Gasteiger partial charge in [-0.05, 0) is 17.4 Å². The number of anilines is 1. The van der Waals surface area contributed by atoms with E-state index in [1.54, 1.807) is 0 Å². The molecule has 1 aromatic heterocycles. The van der Waals surface area contributed by atoms with Crippen LogP contribution in [0.25, 0.3) is 10.8 Å². The topological polar surface area (TPSA) is 54.0 Å². The van der Waals surface area contributed by atoms with Crippen molar-refractivity contribution in [3.8, 4) is 0 Å². The molecule has 0 radical (unpaired) electrons. The highest BCUT2D eigenvalue weighted by Crippen LogP contribution is 2.22. The molecule has 0 atom stereocenters. The number of nitrogens with one attached hydrogen (secondary N) is 2. The predicted molar refractivity (Wildman–Crippen MR) is 87.7 cm³/mol. The van der Waals surface area contributed by atoms with Crippen LogP contribution in [0.1, 0.15) is 37.2 Å². The van der Waals surface area contributed by atoms with Crippen LogP contribution in [-0.2, 0) is 0 Å². The third-order valence-electron chi connectivity index (χ3n) is 3.92. The average molecular weight is 285 g/mol. The molecule has 0 aliphatic carbocycles. The van der Waals surface area contributed by atoms with Gasteiger partial charge in [0.05, 0.1) is 0 Å². The molecule has 4 nitrogen and oxygen atoms in total. The number of fused-ring (bicyclic) bond motifs is 1. The van der Waals surface area contributed by atoms with Crippen molar-refractivity contribution >= 4 is 22.5 Å². The molecule has 0 aliphatic rings. The largest absolute Gasteiger partial charge is 0.373 e. The monoisotopic (exact) mass is 285 g/mol. The Morgan fingerprint density at radius 1 is 1.24 bits per heavy atom. The van der Waals surface area contributed by atoms with Gasteiger partial charge in [0.15, 0.2) is 0 Å². The lowest BCUT2D eigenvalue weighted by atomic mass is 10.0. The minimum atomic E-state index is -0.107. The number of hydrogen-bond donors (Lipinski definition) is 2. The zero-order valence-electron chi connectivity index (χ0n) is 12.9. The van der Waals surface area contributed by atoms with E-state index in [0.29, 0.717) is 18.2 Å². The van der Waals surface area contributed by atoms with Crippen LogP contribution in [0.3, 0.4) is 0 Å².